The van der Waals surface area contributed by atoms with Crippen molar-refractivity contribution in [1.29, 1.82) is 0 Å². The fraction of sp³-hybridized carbons (Fsp3) is 0.917. The number of nitrogens with one attached hydrogen (secondary N) is 3. The van der Waals surface area contributed by atoms with Crippen LogP contribution in [-0.4, -0.2) is 70.9 Å². The number of aliphatic hydroxyl groups excluding tert-OH is 1. The zero-order chi connectivity index (χ0) is 23.6. The summed E-state index contributed by atoms with van der Waals surface area (Å²) in [7, 11) is 0. The van der Waals surface area contributed by atoms with Gasteiger partial charge >= 0.3 is 0 Å². The number of rotatable bonds is 7. The number of piperidine rings is 1. The van der Waals surface area contributed by atoms with Crippen molar-refractivity contribution < 1.29 is 23.8 Å². The van der Waals surface area contributed by atoms with E-state index in [0.29, 0.717) is 38.0 Å². The smallest absolute Gasteiger partial charge is 0.246 e. The molecule has 4 N–H and O–H groups in total. The number of fused-ring (bicyclic) bond motifs is 3. The molecule has 33 heavy (non-hydrogen) atoms. The first kappa shape index (κ1) is 25.1. The highest BCUT2D eigenvalue weighted by Gasteiger charge is 2.55. The van der Waals surface area contributed by atoms with Crippen LogP contribution in [0.2, 0.25) is 0 Å². The lowest BCUT2D eigenvalue weighted by Gasteiger charge is -2.56. The third-order valence-corrected chi connectivity index (χ3v) is 9.10. The molecule has 0 aromatic heterocycles. The lowest BCUT2D eigenvalue weighted by Crippen LogP contribution is -2.71. The summed E-state index contributed by atoms with van der Waals surface area (Å²) in [6.45, 7) is 2.91. The van der Waals surface area contributed by atoms with Crippen LogP contribution < -0.4 is 16.0 Å². The Balaban J connectivity index is 1.25. The molecule has 4 saturated carbocycles. The van der Waals surface area contributed by atoms with E-state index in [9.17, 15) is 19.1 Å². The van der Waals surface area contributed by atoms with Crippen molar-refractivity contribution in [2.45, 2.75) is 118 Å². The van der Waals surface area contributed by atoms with E-state index in [1.54, 1.807) is 0 Å². The second-order valence-electron chi connectivity index (χ2n) is 10.8. The molecule has 0 radical (unpaired) electrons. The van der Waals surface area contributed by atoms with Crippen molar-refractivity contribution in [3.8, 4) is 0 Å². The summed E-state index contributed by atoms with van der Waals surface area (Å²) in [5.74, 6) is 0.384. The molecule has 5 unspecified atom stereocenters. The van der Waals surface area contributed by atoms with Crippen LogP contribution in [0.4, 0.5) is 4.39 Å². The van der Waals surface area contributed by atoms with E-state index < -0.39 is 28.7 Å². The first-order chi connectivity index (χ1) is 15.7. The lowest BCUT2D eigenvalue weighted by atomic mass is 9.59. The Bertz CT molecular complexity index is 710. The first-order valence-electron chi connectivity index (χ1n) is 12.7. The van der Waals surface area contributed by atoms with Gasteiger partial charge in [-0.1, -0.05) is 13.3 Å². The maximum Gasteiger partial charge on any atom is 0.246 e. The van der Waals surface area contributed by atoms with Crippen molar-refractivity contribution in [3.05, 3.63) is 0 Å². The van der Waals surface area contributed by atoms with E-state index in [4.69, 9.17) is 16.3 Å². The maximum atomic E-state index is 13.8. The molecule has 1 aliphatic heterocycles. The third-order valence-electron chi connectivity index (χ3n) is 8.60. The standard InChI is InChI=1S/C24H39ClFN3O4/c1-2-15-3-6-19(27-13-15)22(32)29-23-7-9-24(10-8-23,20(30)12-23)28-21(31)14-33-16-4-5-17(25)18(26)11-16/h15-20,27,30H,2-14H2,1H3,(H,28,31)(H,29,32)/t15?,16?,17?,18?,19?,20-,23?,24?/m0/s1. The highest BCUT2D eigenvalue weighted by molar-refractivity contribution is 6.21. The van der Waals surface area contributed by atoms with Gasteiger partial charge < -0.3 is 25.8 Å². The molecule has 5 rings (SSSR count). The summed E-state index contributed by atoms with van der Waals surface area (Å²) in [5.41, 5.74) is -1.08. The van der Waals surface area contributed by atoms with Crippen LogP contribution in [0.15, 0.2) is 0 Å². The second kappa shape index (κ2) is 10.3. The molecule has 0 aromatic carbocycles. The topological polar surface area (TPSA) is 99.7 Å². The zero-order valence-electron chi connectivity index (χ0n) is 19.6. The fourth-order valence-corrected chi connectivity index (χ4v) is 6.43. The van der Waals surface area contributed by atoms with Gasteiger partial charge in [0.25, 0.3) is 0 Å². The van der Waals surface area contributed by atoms with Crippen molar-refractivity contribution in [3.63, 3.8) is 0 Å². The van der Waals surface area contributed by atoms with Gasteiger partial charge in [0.2, 0.25) is 11.8 Å². The van der Waals surface area contributed by atoms with Gasteiger partial charge in [-0.25, -0.2) is 4.39 Å². The van der Waals surface area contributed by atoms with Gasteiger partial charge in [-0.15, -0.1) is 11.6 Å². The number of hydrogen-bond acceptors (Lipinski definition) is 5. The van der Waals surface area contributed by atoms with Gasteiger partial charge in [0.05, 0.1) is 29.2 Å². The summed E-state index contributed by atoms with van der Waals surface area (Å²) >= 11 is 5.91. The van der Waals surface area contributed by atoms with Gasteiger partial charge in [0, 0.05) is 12.0 Å². The molecule has 5 aliphatic rings. The molecule has 0 spiro atoms. The van der Waals surface area contributed by atoms with Crippen molar-refractivity contribution in [1.82, 2.24) is 16.0 Å². The van der Waals surface area contributed by atoms with Crippen LogP contribution >= 0.6 is 11.6 Å². The van der Waals surface area contributed by atoms with Gasteiger partial charge in [-0.05, 0) is 70.3 Å². The van der Waals surface area contributed by atoms with Crippen LogP contribution in [0.25, 0.3) is 0 Å². The summed E-state index contributed by atoms with van der Waals surface area (Å²) in [6.07, 6.45) is 5.42. The van der Waals surface area contributed by atoms with E-state index in [1.807, 2.05) is 0 Å². The van der Waals surface area contributed by atoms with E-state index in [-0.39, 0.29) is 37.0 Å². The molecular weight excluding hydrogens is 449 g/mol. The monoisotopic (exact) mass is 487 g/mol. The average molecular weight is 488 g/mol. The maximum absolute atomic E-state index is 13.8. The Morgan fingerprint density at radius 3 is 2.52 bits per heavy atom. The summed E-state index contributed by atoms with van der Waals surface area (Å²) < 4.78 is 19.4. The predicted octanol–water partition coefficient (Wildman–Crippen LogP) is 2.33. The molecule has 5 fully saturated rings. The molecule has 4 aliphatic carbocycles. The van der Waals surface area contributed by atoms with Crippen molar-refractivity contribution >= 4 is 23.4 Å². The number of carbonyl (C=O) groups is 2. The number of amides is 2. The first-order valence-corrected chi connectivity index (χ1v) is 13.1. The van der Waals surface area contributed by atoms with Crippen molar-refractivity contribution in [2.75, 3.05) is 13.2 Å². The quantitative estimate of drug-likeness (QED) is 0.413. The second-order valence-corrected chi connectivity index (χ2v) is 11.3. The van der Waals surface area contributed by atoms with Crippen LogP contribution in [-0.2, 0) is 14.3 Å². The minimum atomic E-state index is -1.11. The number of halogens is 2. The molecule has 2 amide bonds. The Morgan fingerprint density at radius 1 is 1.15 bits per heavy atom. The van der Waals surface area contributed by atoms with E-state index >= 15 is 0 Å². The van der Waals surface area contributed by atoms with Gasteiger partial charge in [0.15, 0.2) is 0 Å². The average Bonchev–Trinajstić information content (AvgIpc) is 2.81. The van der Waals surface area contributed by atoms with Crippen molar-refractivity contribution in [2.24, 2.45) is 5.92 Å². The van der Waals surface area contributed by atoms with Gasteiger partial charge in [0.1, 0.15) is 12.8 Å². The molecule has 6 atom stereocenters. The lowest BCUT2D eigenvalue weighted by molar-refractivity contribution is -0.140. The number of alkyl halides is 2. The highest BCUT2D eigenvalue weighted by atomic mass is 35.5. The SMILES string of the molecule is CCC1CCC(C(=O)NC23CCC(NC(=O)COC4CCC(Cl)C(F)C4)(CC2)[C@@H](O)C3)NC1. The molecule has 0 aromatic rings. The van der Waals surface area contributed by atoms with Crippen LogP contribution in [0.5, 0.6) is 0 Å². The predicted molar refractivity (Wildman–Crippen MR) is 124 cm³/mol. The minimum Gasteiger partial charge on any atom is -0.391 e. The normalized spacial score (nSPS) is 43.2. The molecule has 1 heterocycles. The molecule has 2 bridgehead atoms. The number of carbonyl (C=O) groups excluding carboxylic acids is 2. The number of ether oxygens (including phenoxy) is 1. The fourth-order valence-electron chi connectivity index (χ4n) is 6.20. The van der Waals surface area contributed by atoms with E-state index in [2.05, 4.69) is 22.9 Å². The van der Waals surface area contributed by atoms with Crippen LogP contribution in [0.3, 0.4) is 0 Å². The Hall–Kier alpha value is -0.960. The molecular formula is C24H39ClFN3O4. The Labute approximate surface area is 200 Å². The van der Waals surface area contributed by atoms with Gasteiger partial charge in [-0.3, -0.25) is 9.59 Å². The third kappa shape index (κ3) is 5.65. The number of hydrogen-bond donors (Lipinski definition) is 4. The zero-order valence-corrected chi connectivity index (χ0v) is 20.3. The highest BCUT2D eigenvalue weighted by Crippen LogP contribution is 2.47. The number of aliphatic hydroxyl groups is 1. The summed E-state index contributed by atoms with van der Waals surface area (Å²) in [5, 5.41) is 20.1. The molecule has 188 valence electrons. The molecule has 7 nitrogen and oxygen atoms in total. The van der Waals surface area contributed by atoms with E-state index in [0.717, 1.165) is 38.6 Å². The summed E-state index contributed by atoms with van der Waals surface area (Å²) in [6, 6.07) is -0.164. The molecule has 1 saturated heterocycles. The van der Waals surface area contributed by atoms with E-state index in [1.165, 1.54) is 0 Å². The minimum absolute atomic E-state index is 0.0291. The van der Waals surface area contributed by atoms with Gasteiger partial charge in [-0.2, -0.15) is 0 Å². The van der Waals surface area contributed by atoms with Crippen LogP contribution in [0, 0.1) is 5.92 Å². The summed E-state index contributed by atoms with van der Waals surface area (Å²) in [4.78, 5) is 25.5. The largest absolute Gasteiger partial charge is 0.391 e. The van der Waals surface area contributed by atoms with Crippen LogP contribution in [0.1, 0.15) is 77.6 Å². The molecule has 9 heteroatoms. The Morgan fingerprint density at radius 2 is 1.91 bits per heavy atom. The Kier molecular flexibility index (Phi) is 7.88.